The smallest absolute Gasteiger partial charge is 0.233 e. The highest BCUT2D eigenvalue weighted by Crippen LogP contribution is 2.38. The molecule has 1 aromatic carbocycles. The first-order chi connectivity index (χ1) is 12.7. The Morgan fingerprint density at radius 1 is 1.15 bits per heavy atom. The number of nitrogens with zero attached hydrogens (tertiary/aromatic N) is 3. The van der Waals surface area contributed by atoms with Crippen molar-refractivity contribution in [1.82, 2.24) is 14.5 Å². The van der Waals surface area contributed by atoms with Crippen molar-refractivity contribution in [3.63, 3.8) is 0 Å². The van der Waals surface area contributed by atoms with Gasteiger partial charge in [0.05, 0.1) is 11.7 Å². The van der Waals surface area contributed by atoms with Crippen LogP contribution < -0.4 is 0 Å². The van der Waals surface area contributed by atoms with Crippen LogP contribution in [0, 0.1) is 0 Å². The third-order valence-corrected chi connectivity index (χ3v) is 6.14. The van der Waals surface area contributed by atoms with Gasteiger partial charge in [-0.3, -0.25) is 4.79 Å². The van der Waals surface area contributed by atoms with Gasteiger partial charge in [-0.1, -0.05) is 30.3 Å². The molecule has 138 valence electrons. The number of benzene rings is 1. The monoisotopic (exact) mass is 353 g/mol. The second-order valence-corrected chi connectivity index (χ2v) is 7.56. The van der Waals surface area contributed by atoms with E-state index in [0.717, 1.165) is 44.3 Å². The van der Waals surface area contributed by atoms with E-state index >= 15 is 0 Å². The SMILES string of the molecule is Cn1cncc1C1CCN(C(=O)C2(c3ccccc3)CCOCC2)CC1. The molecule has 2 aliphatic heterocycles. The lowest BCUT2D eigenvalue weighted by atomic mass is 9.72. The Hall–Kier alpha value is -2.14. The van der Waals surface area contributed by atoms with Gasteiger partial charge in [0.15, 0.2) is 0 Å². The summed E-state index contributed by atoms with van der Waals surface area (Å²) in [6.45, 7) is 2.96. The van der Waals surface area contributed by atoms with Crippen LogP contribution in [-0.2, 0) is 22.0 Å². The van der Waals surface area contributed by atoms with Gasteiger partial charge in [-0.2, -0.15) is 0 Å². The number of piperidine rings is 1. The Morgan fingerprint density at radius 2 is 1.85 bits per heavy atom. The number of aromatic nitrogens is 2. The van der Waals surface area contributed by atoms with Gasteiger partial charge >= 0.3 is 0 Å². The summed E-state index contributed by atoms with van der Waals surface area (Å²) in [5, 5.41) is 0. The highest BCUT2D eigenvalue weighted by atomic mass is 16.5. The maximum atomic E-state index is 13.6. The standard InChI is InChI=1S/C21H27N3O2/c1-23-16-22-15-19(23)17-7-11-24(12-8-17)20(25)21(9-13-26-14-10-21)18-5-3-2-4-6-18/h2-6,15-17H,7-14H2,1H3. The molecule has 2 fully saturated rings. The summed E-state index contributed by atoms with van der Waals surface area (Å²) in [7, 11) is 2.05. The Bertz CT molecular complexity index is 742. The molecular formula is C21H27N3O2. The summed E-state index contributed by atoms with van der Waals surface area (Å²) in [4.78, 5) is 19.9. The van der Waals surface area contributed by atoms with Gasteiger partial charge in [0.25, 0.3) is 0 Å². The summed E-state index contributed by atoms with van der Waals surface area (Å²) in [5.41, 5.74) is 2.00. The number of aryl methyl sites for hydroxylation is 1. The van der Waals surface area contributed by atoms with Crippen LogP contribution in [0.5, 0.6) is 0 Å². The Morgan fingerprint density at radius 3 is 2.46 bits per heavy atom. The molecule has 1 aromatic heterocycles. The maximum absolute atomic E-state index is 13.6. The predicted molar refractivity (Wildman–Crippen MR) is 99.9 cm³/mol. The van der Waals surface area contributed by atoms with Crippen LogP contribution in [0.2, 0.25) is 0 Å². The summed E-state index contributed by atoms with van der Waals surface area (Å²) in [6, 6.07) is 10.3. The molecule has 2 aromatic rings. The van der Waals surface area contributed by atoms with Gasteiger partial charge in [0.1, 0.15) is 0 Å². The van der Waals surface area contributed by atoms with Gasteiger partial charge in [-0.05, 0) is 31.2 Å². The first-order valence-electron chi connectivity index (χ1n) is 9.59. The van der Waals surface area contributed by atoms with Crippen LogP contribution in [0.4, 0.5) is 0 Å². The molecule has 5 heteroatoms. The molecule has 5 nitrogen and oxygen atoms in total. The lowest BCUT2D eigenvalue weighted by Gasteiger charge is -2.42. The quantitative estimate of drug-likeness (QED) is 0.852. The number of imidazole rings is 1. The number of hydrogen-bond acceptors (Lipinski definition) is 3. The van der Waals surface area contributed by atoms with Gasteiger partial charge in [-0.15, -0.1) is 0 Å². The molecule has 2 aliphatic rings. The molecule has 0 spiro atoms. The molecule has 0 saturated carbocycles. The van der Waals surface area contributed by atoms with Gasteiger partial charge in [0.2, 0.25) is 5.91 Å². The van der Waals surface area contributed by atoms with Crippen molar-refractivity contribution in [2.24, 2.45) is 7.05 Å². The molecule has 0 bridgehead atoms. The first kappa shape index (κ1) is 17.3. The van der Waals surface area contributed by atoms with Gasteiger partial charge < -0.3 is 14.2 Å². The second kappa shape index (κ2) is 7.23. The third-order valence-electron chi connectivity index (χ3n) is 6.14. The van der Waals surface area contributed by atoms with Crippen molar-refractivity contribution in [2.45, 2.75) is 37.0 Å². The van der Waals surface area contributed by atoms with Crippen LogP contribution in [0.15, 0.2) is 42.9 Å². The minimum Gasteiger partial charge on any atom is -0.381 e. The molecule has 0 unspecified atom stereocenters. The van der Waals surface area contributed by atoms with Crippen molar-refractivity contribution in [3.8, 4) is 0 Å². The Balaban J connectivity index is 1.52. The topological polar surface area (TPSA) is 47.4 Å². The van der Waals surface area contributed by atoms with Crippen molar-refractivity contribution in [1.29, 1.82) is 0 Å². The summed E-state index contributed by atoms with van der Waals surface area (Å²) >= 11 is 0. The third kappa shape index (κ3) is 3.05. The normalized spacial score (nSPS) is 20.9. The van der Waals surface area contributed by atoms with Crippen molar-refractivity contribution >= 4 is 5.91 Å². The lowest BCUT2D eigenvalue weighted by molar-refractivity contribution is -0.142. The molecule has 2 saturated heterocycles. The van der Waals surface area contributed by atoms with Crippen LogP contribution in [0.25, 0.3) is 0 Å². The molecule has 1 amide bonds. The summed E-state index contributed by atoms with van der Waals surface area (Å²) in [6.07, 6.45) is 7.39. The van der Waals surface area contributed by atoms with Crippen LogP contribution >= 0.6 is 0 Å². The fraction of sp³-hybridized carbons (Fsp3) is 0.524. The number of ether oxygens (including phenoxy) is 1. The number of carbonyl (C=O) groups excluding carboxylic acids is 1. The molecule has 0 N–H and O–H groups in total. The number of amides is 1. The van der Waals surface area contributed by atoms with Gasteiger partial charge in [0, 0.05) is 51.2 Å². The highest BCUT2D eigenvalue weighted by Gasteiger charge is 2.44. The summed E-state index contributed by atoms with van der Waals surface area (Å²) in [5.74, 6) is 0.782. The average molecular weight is 353 g/mol. The lowest BCUT2D eigenvalue weighted by Crippen LogP contribution is -2.51. The van der Waals surface area contributed by atoms with Gasteiger partial charge in [-0.25, -0.2) is 4.98 Å². The van der Waals surface area contributed by atoms with E-state index in [1.807, 2.05) is 37.8 Å². The molecule has 0 radical (unpaired) electrons. The van der Waals surface area contributed by atoms with E-state index in [1.165, 1.54) is 5.69 Å². The van der Waals surface area contributed by atoms with E-state index in [1.54, 1.807) is 0 Å². The zero-order valence-corrected chi connectivity index (χ0v) is 15.4. The molecule has 0 aliphatic carbocycles. The largest absolute Gasteiger partial charge is 0.381 e. The van der Waals surface area contributed by atoms with E-state index in [0.29, 0.717) is 19.1 Å². The van der Waals surface area contributed by atoms with Crippen LogP contribution in [0.1, 0.15) is 42.9 Å². The van der Waals surface area contributed by atoms with E-state index in [2.05, 4.69) is 26.6 Å². The number of rotatable bonds is 3. The minimum atomic E-state index is -0.418. The van der Waals surface area contributed by atoms with E-state index in [9.17, 15) is 4.79 Å². The fourth-order valence-corrected chi connectivity index (χ4v) is 4.54. The van der Waals surface area contributed by atoms with E-state index in [4.69, 9.17) is 4.74 Å². The van der Waals surface area contributed by atoms with E-state index < -0.39 is 5.41 Å². The van der Waals surface area contributed by atoms with E-state index in [-0.39, 0.29) is 5.91 Å². The summed E-state index contributed by atoms with van der Waals surface area (Å²) < 4.78 is 7.69. The molecule has 26 heavy (non-hydrogen) atoms. The van der Waals surface area contributed by atoms with Crippen LogP contribution in [0.3, 0.4) is 0 Å². The Kier molecular flexibility index (Phi) is 4.81. The second-order valence-electron chi connectivity index (χ2n) is 7.56. The number of hydrogen-bond donors (Lipinski definition) is 0. The van der Waals surface area contributed by atoms with Crippen molar-refractivity contribution in [3.05, 3.63) is 54.1 Å². The molecule has 3 heterocycles. The molecule has 0 atom stereocenters. The number of carbonyl (C=O) groups is 1. The average Bonchev–Trinajstić information content (AvgIpc) is 3.14. The zero-order valence-electron chi connectivity index (χ0n) is 15.4. The first-order valence-corrected chi connectivity index (χ1v) is 9.59. The Labute approximate surface area is 155 Å². The van der Waals surface area contributed by atoms with Crippen LogP contribution in [-0.4, -0.2) is 46.7 Å². The molecular weight excluding hydrogens is 326 g/mol. The van der Waals surface area contributed by atoms with Crippen molar-refractivity contribution in [2.75, 3.05) is 26.3 Å². The molecule has 4 rings (SSSR count). The maximum Gasteiger partial charge on any atom is 0.233 e. The zero-order chi connectivity index (χ0) is 18.0. The van der Waals surface area contributed by atoms with Crippen molar-refractivity contribution < 1.29 is 9.53 Å². The number of likely N-dealkylation sites (tertiary alicyclic amines) is 1. The highest BCUT2D eigenvalue weighted by molar-refractivity contribution is 5.88. The minimum absolute atomic E-state index is 0.287. The predicted octanol–water partition coefficient (Wildman–Crippen LogP) is 2.87. The fourth-order valence-electron chi connectivity index (χ4n) is 4.54.